The van der Waals surface area contributed by atoms with Crippen LogP contribution in [0.4, 0.5) is 0 Å². The lowest BCUT2D eigenvalue weighted by molar-refractivity contribution is -0.302. The van der Waals surface area contributed by atoms with Crippen molar-refractivity contribution in [3.05, 3.63) is 60.8 Å². The van der Waals surface area contributed by atoms with E-state index in [0.717, 1.165) is 103 Å². The maximum absolute atomic E-state index is 13.1. The number of rotatable bonds is 57. The van der Waals surface area contributed by atoms with Gasteiger partial charge in [0.25, 0.3) is 0 Å². The van der Waals surface area contributed by atoms with Gasteiger partial charge in [0, 0.05) is 12.8 Å². The second-order valence-corrected chi connectivity index (χ2v) is 22.8. The number of amides is 1. The molecule has 0 aromatic rings. The first-order valence-electron chi connectivity index (χ1n) is 33.1. The Morgan fingerprint density at radius 1 is 0.468 bits per heavy atom. The van der Waals surface area contributed by atoms with E-state index in [1.165, 1.54) is 167 Å². The minimum atomic E-state index is -1.58. The number of ether oxygens (including phenoxy) is 3. The van der Waals surface area contributed by atoms with Crippen molar-refractivity contribution in [2.75, 3.05) is 19.8 Å². The summed E-state index contributed by atoms with van der Waals surface area (Å²) in [6, 6.07) is -0.819. The average Bonchev–Trinajstić information content (AvgIpc) is 3.48. The molecule has 0 bridgehead atoms. The number of aliphatic hydroxyl groups is 5. The van der Waals surface area contributed by atoms with Gasteiger partial charge in [0.1, 0.15) is 24.4 Å². The minimum Gasteiger partial charge on any atom is -0.466 e. The molecule has 0 aliphatic carbocycles. The van der Waals surface area contributed by atoms with Crippen molar-refractivity contribution >= 4 is 11.9 Å². The van der Waals surface area contributed by atoms with E-state index in [1.807, 2.05) is 6.08 Å². The molecule has 0 radical (unpaired) electrons. The largest absolute Gasteiger partial charge is 0.466 e. The molecule has 1 fully saturated rings. The van der Waals surface area contributed by atoms with E-state index >= 15 is 0 Å². The molecule has 460 valence electrons. The van der Waals surface area contributed by atoms with Gasteiger partial charge in [-0.2, -0.15) is 0 Å². The first-order chi connectivity index (χ1) is 38.7. The molecule has 1 rings (SSSR count). The fourth-order valence-electron chi connectivity index (χ4n) is 10.1. The summed E-state index contributed by atoms with van der Waals surface area (Å²) in [4.78, 5) is 25.1. The minimum absolute atomic E-state index is 0.0198. The van der Waals surface area contributed by atoms with Crippen LogP contribution in [0.5, 0.6) is 0 Å². The SMILES string of the molecule is CCCC/C=C\C/C=C\CCCCCCCC(=O)OCCCCCCCCCCC/C=C\C/C=C\CCCCCCCCCC(=O)NC(COC1OC(CO)C(O)C(O)C1O)C(O)/C=C/CCCCCCCCCCCCCC. The predicted molar refractivity (Wildman–Crippen MR) is 329 cm³/mol. The van der Waals surface area contributed by atoms with Crippen LogP contribution < -0.4 is 5.32 Å². The number of hydrogen-bond donors (Lipinski definition) is 6. The molecular weight excluding hydrogens is 991 g/mol. The Kier molecular flexibility index (Phi) is 53.8. The number of aliphatic hydroxyl groups excluding tert-OH is 5. The van der Waals surface area contributed by atoms with Crippen molar-refractivity contribution in [1.29, 1.82) is 0 Å². The van der Waals surface area contributed by atoms with Gasteiger partial charge in [-0.1, -0.05) is 254 Å². The zero-order valence-corrected chi connectivity index (χ0v) is 50.8. The normalized spacial score (nSPS) is 18.8. The van der Waals surface area contributed by atoms with Gasteiger partial charge in [-0.05, 0) is 89.9 Å². The van der Waals surface area contributed by atoms with Crippen LogP contribution in [-0.2, 0) is 23.8 Å². The monoisotopic (exact) mass is 1110 g/mol. The van der Waals surface area contributed by atoms with Crippen LogP contribution in [0.2, 0.25) is 0 Å². The van der Waals surface area contributed by atoms with E-state index in [-0.39, 0.29) is 18.5 Å². The highest BCUT2D eigenvalue weighted by molar-refractivity contribution is 5.76. The van der Waals surface area contributed by atoms with Crippen molar-refractivity contribution in [3.63, 3.8) is 0 Å². The van der Waals surface area contributed by atoms with Gasteiger partial charge in [0.2, 0.25) is 5.91 Å². The average molecular weight is 1110 g/mol. The first kappa shape index (κ1) is 74.4. The third-order valence-electron chi connectivity index (χ3n) is 15.3. The predicted octanol–water partition coefficient (Wildman–Crippen LogP) is 16.2. The zero-order chi connectivity index (χ0) is 57.3. The number of carbonyl (C=O) groups excluding carboxylic acids is 2. The van der Waals surface area contributed by atoms with Gasteiger partial charge >= 0.3 is 5.97 Å². The molecule has 0 aromatic heterocycles. The molecule has 1 amide bonds. The molecule has 11 nitrogen and oxygen atoms in total. The molecule has 0 aromatic carbocycles. The number of nitrogens with one attached hydrogen (secondary N) is 1. The Morgan fingerprint density at radius 3 is 1.32 bits per heavy atom. The quantitative estimate of drug-likeness (QED) is 0.0195. The highest BCUT2D eigenvalue weighted by Gasteiger charge is 2.44. The first-order valence-corrected chi connectivity index (χ1v) is 33.1. The Balaban J connectivity index is 2.07. The number of unbranched alkanes of at least 4 members (excludes halogenated alkanes) is 35. The van der Waals surface area contributed by atoms with Crippen molar-refractivity contribution in [2.24, 2.45) is 0 Å². The van der Waals surface area contributed by atoms with Gasteiger partial charge in [-0.3, -0.25) is 9.59 Å². The van der Waals surface area contributed by atoms with E-state index in [4.69, 9.17) is 14.2 Å². The van der Waals surface area contributed by atoms with Crippen LogP contribution in [-0.4, -0.2) is 100 Å². The highest BCUT2D eigenvalue weighted by atomic mass is 16.7. The molecule has 11 heteroatoms. The summed E-state index contributed by atoms with van der Waals surface area (Å²) < 4.78 is 16.7. The zero-order valence-electron chi connectivity index (χ0n) is 50.8. The van der Waals surface area contributed by atoms with Crippen LogP contribution >= 0.6 is 0 Å². The summed E-state index contributed by atoms with van der Waals surface area (Å²) >= 11 is 0. The maximum Gasteiger partial charge on any atom is 0.305 e. The van der Waals surface area contributed by atoms with Gasteiger partial charge in [-0.15, -0.1) is 0 Å². The topological polar surface area (TPSA) is 175 Å². The number of allylic oxidation sites excluding steroid dienone is 9. The van der Waals surface area contributed by atoms with Crippen LogP contribution in [0.15, 0.2) is 60.8 Å². The van der Waals surface area contributed by atoms with Crippen molar-refractivity contribution < 1.29 is 49.3 Å². The van der Waals surface area contributed by atoms with Crippen molar-refractivity contribution in [3.8, 4) is 0 Å². The Labute approximate surface area is 484 Å². The highest BCUT2D eigenvalue weighted by Crippen LogP contribution is 2.23. The molecule has 1 aliphatic heterocycles. The van der Waals surface area contributed by atoms with Crippen LogP contribution in [0.1, 0.15) is 296 Å². The molecule has 79 heavy (non-hydrogen) atoms. The summed E-state index contributed by atoms with van der Waals surface area (Å²) in [5.41, 5.74) is 0. The third-order valence-corrected chi connectivity index (χ3v) is 15.3. The van der Waals surface area contributed by atoms with Gasteiger partial charge in [0.05, 0.1) is 32.0 Å². The van der Waals surface area contributed by atoms with Gasteiger partial charge in [-0.25, -0.2) is 0 Å². The lowest BCUT2D eigenvalue weighted by Gasteiger charge is -2.40. The van der Waals surface area contributed by atoms with Crippen LogP contribution in [0, 0.1) is 0 Å². The molecular formula is C68H123NO10. The summed E-state index contributed by atoms with van der Waals surface area (Å²) in [6.45, 7) is 4.29. The number of esters is 1. The second-order valence-electron chi connectivity index (χ2n) is 22.8. The summed E-state index contributed by atoms with van der Waals surface area (Å²) in [7, 11) is 0. The van der Waals surface area contributed by atoms with Crippen LogP contribution in [0.3, 0.4) is 0 Å². The number of carbonyl (C=O) groups is 2. The lowest BCUT2D eigenvalue weighted by Crippen LogP contribution is -2.60. The molecule has 6 N–H and O–H groups in total. The fraction of sp³-hybridized carbons (Fsp3) is 0.824. The summed E-state index contributed by atoms with van der Waals surface area (Å²) in [5, 5.41) is 54.5. The molecule has 0 saturated carbocycles. The van der Waals surface area contributed by atoms with Gasteiger partial charge < -0.3 is 45.1 Å². The van der Waals surface area contributed by atoms with Crippen LogP contribution in [0.25, 0.3) is 0 Å². The molecule has 7 unspecified atom stereocenters. The lowest BCUT2D eigenvalue weighted by atomic mass is 9.99. The Morgan fingerprint density at radius 2 is 0.861 bits per heavy atom. The van der Waals surface area contributed by atoms with E-state index < -0.39 is 49.5 Å². The smallest absolute Gasteiger partial charge is 0.305 e. The van der Waals surface area contributed by atoms with Gasteiger partial charge in [0.15, 0.2) is 6.29 Å². The summed E-state index contributed by atoms with van der Waals surface area (Å²) in [6.07, 6.45) is 64.6. The Bertz CT molecular complexity index is 1500. The molecule has 1 saturated heterocycles. The van der Waals surface area contributed by atoms with E-state index in [9.17, 15) is 35.1 Å². The second kappa shape index (κ2) is 57.2. The van der Waals surface area contributed by atoms with E-state index in [1.54, 1.807) is 6.08 Å². The van der Waals surface area contributed by atoms with E-state index in [2.05, 4.69) is 67.8 Å². The van der Waals surface area contributed by atoms with E-state index in [0.29, 0.717) is 19.4 Å². The summed E-state index contributed by atoms with van der Waals surface area (Å²) in [5.74, 6) is -0.212. The molecule has 1 heterocycles. The molecule has 1 aliphatic rings. The third kappa shape index (κ3) is 46.5. The molecule has 7 atom stereocenters. The maximum atomic E-state index is 13.1. The van der Waals surface area contributed by atoms with Crippen molar-refractivity contribution in [2.45, 2.75) is 339 Å². The molecule has 0 spiro atoms. The standard InChI is InChI=1S/C68H123NO10/c1-3-5-7-9-11-13-15-17-30-34-38-42-46-50-54-61(71)60(59-78-68-67(76)66(75)65(74)62(58-70)79-68)69-63(72)55-51-47-43-39-35-31-28-26-24-22-20-19-21-23-25-27-29-33-37-41-45-49-53-57-77-64(73)56-52-48-44-40-36-32-18-16-14-12-10-8-6-4-2/h10,12,16,18-19,21-22,24,50,54,60-62,65-68,70-71,74-76H,3-9,11,13-15,17,20,23,25-49,51-53,55-59H2,1-2H3,(H,69,72)/b12-10-,18-16-,21-19-,24-22-,54-50+. The Hall–Kier alpha value is -2.64. The number of hydrogen-bond acceptors (Lipinski definition) is 10. The van der Waals surface area contributed by atoms with Crippen molar-refractivity contribution in [1.82, 2.24) is 5.32 Å². The fourth-order valence-corrected chi connectivity index (χ4v) is 10.1.